The van der Waals surface area contributed by atoms with Gasteiger partial charge in [0.15, 0.2) is 0 Å². The van der Waals surface area contributed by atoms with Crippen LogP contribution in [0.1, 0.15) is 11.7 Å². The average molecular weight is 178 g/mol. The molecule has 2 rings (SSSR count). The fourth-order valence-corrected chi connectivity index (χ4v) is 1.12. The van der Waals surface area contributed by atoms with Crippen molar-refractivity contribution in [3.8, 4) is 0 Å². The molecule has 2 aromatic rings. The molecule has 0 aliphatic heterocycles. The van der Waals surface area contributed by atoms with E-state index in [0.717, 1.165) is 0 Å². The van der Waals surface area contributed by atoms with Gasteiger partial charge >= 0.3 is 0 Å². The standard InChI is InChI=1S/C8H10N4O/c9-6(5-13)7-4-12-3-1-2-10-8(12)11-7/h1-4,6,13H,5,9H2. The molecule has 0 bridgehead atoms. The lowest BCUT2D eigenvalue weighted by atomic mass is 10.2. The lowest BCUT2D eigenvalue weighted by Crippen LogP contribution is -2.14. The van der Waals surface area contributed by atoms with Gasteiger partial charge in [0.25, 0.3) is 0 Å². The van der Waals surface area contributed by atoms with E-state index in [4.69, 9.17) is 10.8 Å². The van der Waals surface area contributed by atoms with Gasteiger partial charge in [0.2, 0.25) is 5.78 Å². The largest absolute Gasteiger partial charge is 0.394 e. The third-order valence-corrected chi connectivity index (χ3v) is 1.83. The summed E-state index contributed by atoms with van der Waals surface area (Å²) in [6.07, 6.45) is 5.27. The van der Waals surface area contributed by atoms with Crippen LogP contribution in [0.4, 0.5) is 0 Å². The van der Waals surface area contributed by atoms with Crippen molar-refractivity contribution in [2.45, 2.75) is 6.04 Å². The molecular formula is C8H10N4O. The van der Waals surface area contributed by atoms with Gasteiger partial charge in [0.05, 0.1) is 18.3 Å². The first-order valence-electron chi connectivity index (χ1n) is 3.97. The van der Waals surface area contributed by atoms with Gasteiger partial charge in [-0.05, 0) is 6.07 Å². The Hall–Kier alpha value is -1.46. The first-order valence-corrected chi connectivity index (χ1v) is 3.97. The summed E-state index contributed by atoms with van der Waals surface area (Å²) < 4.78 is 1.77. The lowest BCUT2D eigenvalue weighted by Gasteiger charge is -2.00. The Balaban J connectivity index is 2.49. The maximum absolute atomic E-state index is 8.82. The smallest absolute Gasteiger partial charge is 0.233 e. The van der Waals surface area contributed by atoms with Gasteiger partial charge in [-0.3, -0.25) is 4.40 Å². The van der Waals surface area contributed by atoms with Crippen molar-refractivity contribution >= 4 is 5.78 Å². The minimum atomic E-state index is -0.429. The van der Waals surface area contributed by atoms with Crippen molar-refractivity contribution in [1.82, 2.24) is 14.4 Å². The zero-order valence-electron chi connectivity index (χ0n) is 6.96. The molecule has 2 aromatic heterocycles. The van der Waals surface area contributed by atoms with Crippen LogP contribution >= 0.6 is 0 Å². The number of rotatable bonds is 2. The summed E-state index contributed by atoms with van der Waals surface area (Å²) in [6.45, 7) is -0.107. The molecule has 0 aliphatic rings. The van der Waals surface area contributed by atoms with Crippen LogP contribution in [0.15, 0.2) is 24.7 Å². The van der Waals surface area contributed by atoms with Crippen molar-refractivity contribution in [3.63, 3.8) is 0 Å². The molecule has 0 saturated heterocycles. The summed E-state index contributed by atoms with van der Waals surface area (Å²) in [5.41, 5.74) is 6.26. The van der Waals surface area contributed by atoms with Crippen molar-refractivity contribution in [3.05, 3.63) is 30.4 Å². The van der Waals surface area contributed by atoms with Crippen LogP contribution in [0.3, 0.4) is 0 Å². The van der Waals surface area contributed by atoms with Crippen LogP contribution < -0.4 is 5.73 Å². The molecule has 0 aromatic carbocycles. The number of nitrogens with zero attached hydrogens (tertiary/aromatic N) is 3. The second-order valence-electron chi connectivity index (χ2n) is 2.78. The molecule has 0 aliphatic carbocycles. The van der Waals surface area contributed by atoms with Crippen LogP contribution in [0.5, 0.6) is 0 Å². The third-order valence-electron chi connectivity index (χ3n) is 1.83. The number of aliphatic hydroxyl groups excluding tert-OH is 1. The zero-order valence-corrected chi connectivity index (χ0v) is 6.96. The number of imidazole rings is 1. The second kappa shape index (κ2) is 3.12. The molecule has 1 atom stereocenters. The summed E-state index contributed by atoms with van der Waals surface area (Å²) in [5, 5.41) is 8.82. The molecule has 3 N–H and O–H groups in total. The molecule has 0 saturated carbocycles. The van der Waals surface area contributed by atoms with Gasteiger partial charge in [0, 0.05) is 18.6 Å². The first kappa shape index (κ1) is 8.15. The quantitative estimate of drug-likeness (QED) is 0.663. The van der Waals surface area contributed by atoms with E-state index in [2.05, 4.69) is 9.97 Å². The molecule has 5 nitrogen and oxygen atoms in total. The van der Waals surface area contributed by atoms with E-state index in [1.807, 2.05) is 12.3 Å². The summed E-state index contributed by atoms with van der Waals surface area (Å²) >= 11 is 0. The molecule has 68 valence electrons. The van der Waals surface area contributed by atoms with Crippen LogP contribution in [-0.4, -0.2) is 26.1 Å². The molecule has 2 heterocycles. The number of hydrogen-bond donors (Lipinski definition) is 2. The van der Waals surface area contributed by atoms with Crippen LogP contribution in [0.2, 0.25) is 0 Å². The molecular weight excluding hydrogens is 168 g/mol. The molecule has 1 unspecified atom stereocenters. The minimum Gasteiger partial charge on any atom is -0.394 e. The molecule has 0 amide bonds. The average Bonchev–Trinajstić information content (AvgIpc) is 2.59. The number of aliphatic hydroxyl groups is 1. The fraction of sp³-hybridized carbons (Fsp3) is 0.250. The van der Waals surface area contributed by atoms with Gasteiger partial charge in [-0.1, -0.05) is 0 Å². The van der Waals surface area contributed by atoms with Crippen LogP contribution in [0, 0.1) is 0 Å². The predicted octanol–water partition coefficient (Wildman–Crippen LogP) is -0.279. The van der Waals surface area contributed by atoms with Crippen LogP contribution in [-0.2, 0) is 0 Å². The van der Waals surface area contributed by atoms with Crippen molar-refractivity contribution in [1.29, 1.82) is 0 Å². The number of nitrogens with two attached hydrogens (primary N) is 1. The minimum absolute atomic E-state index is 0.107. The molecule has 0 fully saturated rings. The fourth-order valence-electron chi connectivity index (χ4n) is 1.12. The monoisotopic (exact) mass is 178 g/mol. The van der Waals surface area contributed by atoms with Crippen molar-refractivity contribution in [2.75, 3.05) is 6.61 Å². The number of aromatic nitrogens is 3. The van der Waals surface area contributed by atoms with E-state index in [1.165, 1.54) is 0 Å². The van der Waals surface area contributed by atoms with Gasteiger partial charge in [-0.25, -0.2) is 9.97 Å². The van der Waals surface area contributed by atoms with Gasteiger partial charge < -0.3 is 10.8 Å². The lowest BCUT2D eigenvalue weighted by molar-refractivity contribution is 0.266. The number of fused-ring (bicyclic) bond motifs is 1. The Bertz CT molecular complexity index is 378. The third kappa shape index (κ3) is 1.39. The van der Waals surface area contributed by atoms with E-state index in [0.29, 0.717) is 11.5 Å². The summed E-state index contributed by atoms with van der Waals surface area (Å²) in [7, 11) is 0. The van der Waals surface area contributed by atoms with E-state index in [1.54, 1.807) is 16.8 Å². The van der Waals surface area contributed by atoms with E-state index >= 15 is 0 Å². The molecule has 5 heteroatoms. The summed E-state index contributed by atoms with van der Waals surface area (Å²) in [4.78, 5) is 8.18. The van der Waals surface area contributed by atoms with Crippen molar-refractivity contribution in [2.24, 2.45) is 5.73 Å². The van der Waals surface area contributed by atoms with Crippen molar-refractivity contribution < 1.29 is 5.11 Å². The number of hydrogen-bond acceptors (Lipinski definition) is 4. The van der Waals surface area contributed by atoms with Crippen LogP contribution in [0.25, 0.3) is 5.78 Å². The van der Waals surface area contributed by atoms with E-state index in [-0.39, 0.29) is 6.61 Å². The maximum atomic E-state index is 8.82. The van der Waals surface area contributed by atoms with Gasteiger partial charge in [-0.15, -0.1) is 0 Å². The Morgan fingerprint density at radius 1 is 1.62 bits per heavy atom. The molecule has 0 spiro atoms. The normalized spacial score (nSPS) is 13.4. The summed E-state index contributed by atoms with van der Waals surface area (Å²) in [5.74, 6) is 0.599. The Morgan fingerprint density at radius 2 is 2.46 bits per heavy atom. The van der Waals surface area contributed by atoms with E-state index < -0.39 is 6.04 Å². The van der Waals surface area contributed by atoms with Gasteiger partial charge in [0.1, 0.15) is 0 Å². The highest BCUT2D eigenvalue weighted by atomic mass is 16.3. The highest BCUT2D eigenvalue weighted by Crippen LogP contribution is 2.08. The molecule has 0 radical (unpaired) electrons. The summed E-state index contributed by atoms with van der Waals surface area (Å²) in [6, 6.07) is 1.38. The maximum Gasteiger partial charge on any atom is 0.233 e. The predicted molar refractivity (Wildman–Crippen MR) is 47.0 cm³/mol. The molecule has 13 heavy (non-hydrogen) atoms. The van der Waals surface area contributed by atoms with Gasteiger partial charge in [-0.2, -0.15) is 0 Å². The second-order valence-corrected chi connectivity index (χ2v) is 2.78. The Labute approximate surface area is 74.9 Å². The topological polar surface area (TPSA) is 76.4 Å². The first-order chi connectivity index (χ1) is 6.31. The zero-order chi connectivity index (χ0) is 9.26. The van der Waals surface area contributed by atoms with E-state index in [9.17, 15) is 0 Å². The highest BCUT2D eigenvalue weighted by Gasteiger charge is 2.08. The highest BCUT2D eigenvalue weighted by molar-refractivity contribution is 5.30. The SMILES string of the molecule is NC(CO)c1cn2cccnc2n1. The Morgan fingerprint density at radius 3 is 3.15 bits per heavy atom. The Kier molecular flexibility index (Phi) is 1.96.